The Morgan fingerprint density at radius 1 is 1.36 bits per heavy atom. The number of para-hydroxylation sites is 1. The molecule has 1 N–H and O–H groups in total. The highest BCUT2D eigenvalue weighted by molar-refractivity contribution is 6.33. The number of hydrogen-bond acceptors (Lipinski definition) is 3. The van der Waals surface area contributed by atoms with Gasteiger partial charge in [0.25, 0.3) is 5.91 Å². The average molecular weight is 235 g/mol. The maximum absolute atomic E-state index is 11.0. The maximum atomic E-state index is 11.0. The largest absolute Gasteiger partial charge is 0.484 e. The number of hydrogen-bond donors (Lipinski definition) is 1. The quantitative estimate of drug-likeness (QED) is 0.638. The van der Waals surface area contributed by atoms with E-state index in [4.69, 9.17) is 28.3 Å². The summed E-state index contributed by atoms with van der Waals surface area (Å²) in [4.78, 5) is 11.0. The Bertz CT molecular complexity index is 293. The first-order valence-electron chi connectivity index (χ1n) is 3.77. The van der Waals surface area contributed by atoms with Crippen LogP contribution in [0.4, 0.5) is 0 Å². The number of carbonyl (C=O) groups is 1. The molecule has 0 saturated heterocycles. The minimum atomic E-state index is -0.432. The molecule has 14 heavy (non-hydrogen) atoms. The SMILES string of the molecule is O=C(COc1ccccc1)NN(Cl)Cl. The van der Waals surface area contributed by atoms with Crippen LogP contribution in [0.5, 0.6) is 5.75 Å². The number of ether oxygens (including phenoxy) is 1. The lowest BCUT2D eigenvalue weighted by Crippen LogP contribution is -2.33. The molecule has 1 amide bonds. The van der Waals surface area contributed by atoms with Crippen LogP contribution < -0.4 is 10.2 Å². The summed E-state index contributed by atoms with van der Waals surface area (Å²) in [5, 5.41) is 0. The Balaban J connectivity index is 2.31. The molecular weight excluding hydrogens is 227 g/mol. The molecule has 1 aromatic rings. The summed E-state index contributed by atoms with van der Waals surface area (Å²) < 4.78 is 5.64. The predicted molar refractivity (Wildman–Crippen MR) is 53.6 cm³/mol. The Kier molecular flexibility index (Phi) is 4.52. The van der Waals surface area contributed by atoms with Crippen LogP contribution in [0.15, 0.2) is 30.3 Å². The van der Waals surface area contributed by atoms with Gasteiger partial charge in [-0.2, -0.15) is 0 Å². The number of benzene rings is 1. The van der Waals surface area contributed by atoms with Gasteiger partial charge >= 0.3 is 0 Å². The van der Waals surface area contributed by atoms with Gasteiger partial charge in [-0.25, -0.2) is 0 Å². The number of rotatable bonds is 4. The van der Waals surface area contributed by atoms with E-state index in [9.17, 15) is 4.79 Å². The smallest absolute Gasteiger partial charge is 0.274 e. The van der Waals surface area contributed by atoms with E-state index < -0.39 is 5.91 Å². The van der Waals surface area contributed by atoms with Crippen LogP contribution in [-0.4, -0.2) is 16.6 Å². The van der Waals surface area contributed by atoms with E-state index in [2.05, 4.69) is 5.43 Å². The monoisotopic (exact) mass is 234 g/mol. The second kappa shape index (κ2) is 5.70. The van der Waals surface area contributed by atoms with Gasteiger partial charge in [0, 0.05) is 23.6 Å². The fourth-order valence-electron chi connectivity index (χ4n) is 0.792. The number of carbonyl (C=O) groups excluding carboxylic acids is 1. The van der Waals surface area contributed by atoms with Gasteiger partial charge in [0.15, 0.2) is 6.61 Å². The number of nitrogens with zero attached hydrogens (tertiary/aromatic N) is 1. The molecule has 0 saturated carbocycles. The Morgan fingerprint density at radius 3 is 2.57 bits per heavy atom. The summed E-state index contributed by atoms with van der Waals surface area (Å²) in [5.41, 5.74) is 2.11. The van der Waals surface area contributed by atoms with E-state index in [1.165, 1.54) is 0 Å². The van der Waals surface area contributed by atoms with Crippen LogP contribution in [-0.2, 0) is 4.79 Å². The lowest BCUT2D eigenvalue weighted by Gasteiger charge is -2.07. The lowest BCUT2D eigenvalue weighted by atomic mass is 10.3. The van der Waals surface area contributed by atoms with E-state index in [0.717, 1.165) is 0 Å². The molecule has 0 aliphatic heterocycles. The van der Waals surface area contributed by atoms with Gasteiger partial charge in [0.1, 0.15) is 5.75 Å². The molecule has 0 spiro atoms. The van der Waals surface area contributed by atoms with Crippen LogP contribution in [0.25, 0.3) is 0 Å². The van der Waals surface area contributed by atoms with Crippen LogP contribution in [0.1, 0.15) is 0 Å². The van der Waals surface area contributed by atoms with E-state index in [0.29, 0.717) is 9.80 Å². The van der Waals surface area contributed by atoms with Gasteiger partial charge < -0.3 is 4.74 Å². The summed E-state index contributed by atoms with van der Waals surface area (Å²) >= 11 is 10.3. The fourth-order valence-corrected chi connectivity index (χ4v) is 0.981. The third-order valence-corrected chi connectivity index (χ3v) is 1.49. The van der Waals surface area contributed by atoms with Crippen LogP contribution in [0.3, 0.4) is 0 Å². The molecule has 6 heteroatoms. The zero-order chi connectivity index (χ0) is 10.4. The molecule has 1 aromatic carbocycles. The van der Waals surface area contributed by atoms with Crippen LogP contribution >= 0.6 is 23.6 Å². The molecule has 0 atom stereocenters. The van der Waals surface area contributed by atoms with Crippen molar-refractivity contribution < 1.29 is 9.53 Å². The van der Waals surface area contributed by atoms with Gasteiger partial charge in [0.2, 0.25) is 0 Å². The fraction of sp³-hybridized carbons (Fsp3) is 0.125. The second-order valence-electron chi connectivity index (χ2n) is 2.37. The Morgan fingerprint density at radius 2 is 2.00 bits per heavy atom. The van der Waals surface area contributed by atoms with Crippen molar-refractivity contribution in [2.24, 2.45) is 0 Å². The van der Waals surface area contributed by atoms with Crippen molar-refractivity contribution in [1.82, 2.24) is 9.47 Å². The summed E-state index contributed by atoms with van der Waals surface area (Å²) in [5.74, 6) is 0.178. The molecule has 0 fully saturated rings. The van der Waals surface area contributed by atoms with Gasteiger partial charge in [-0.1, -0.05) is 18.2 Å². The summed E-state index contributed by atoms with van der Waals surface area (Å²) in [6.45, 7) is -0.139. The zero-order valence-electron chi connectivity index (χ0n) is 7.11. The highest BCUT2D eigenvalue weighted by atomic mass is 35.5. The second-order valence-corrected chi connectivity index (χ2v) is 3.22. The van der Waals surface area contributed by atoms with E-state index >= 15 is 0 Å². The van der Waals surface area contributed by atoms with E-state index in [1.807, 2.05) is 18.2 Å². The third-order valence-electron chi connectivity index (χ3n) is 1.32. The van der Waals surface area contributed by atoms with E-state index in [-0.39, 0.29) is 6.61 Å². The van der Waals surface area contributed by atoms with Crippen LogP contribution in [0.2, 0.25) is 0 Å². The molecule has 76 valence electrons. The Labute approximate surface area is 91.5 Å². The average Bonchev–Trinajstić information content (AvgIpc) is 2.15. The molecular formula is C8H8Cl2N2O2. The molecule has 0 aliphatic carbocycles. The standard InChI is InChI=1S/C8H8Cl2N2O2/c9-12(10)11-8(13)6-14-7-4-2-1-3-5-7/h1-5H,6H2,(H,11,13). The number of hydrazine groups is 1. The van der Waals surface area contributed by atoms with Crippen molar-refractivity contribution in [2.75, 3.05) is 6.61 Å². The van der Waals surface area contributed by atoms with Gasteiger partial charge in [0.05, 0.1) is 0 Å². The van der Waals surface area contributed by atoms with Crippen molar-refractivity contribution >= 4 is 29.5 Å². The summed E-state index contributed by atoms with van der Waals surface area (Å²) in [6.07, 6.45) is 0. The summed E-state index contributed by atoms with van der Waals surface area (Å²) in [6, 6.07) is 8.95. The maximum Gasteiger partial charge on any atom is 0.274 e. The Hall–Kier alpha value is -0.970. The molecule has 4 nitrogen and oxygen atoms in total. The van der Waals surface area contributed by atoms with Crippen molar-refractivity contribution in [2.45, 2.75) is 0 Å². The minimum absolute atomic E-state index is 0.139. The molecule has 0 unspecified atom stereocenters. The predicted octanol–water partition coefficient (Wildman–Crippen LogP) is 1.71. The molecule has 0 aromatic heterocycles. The highest BCUT2D eigenvalue weighted by Gasteiger charge is 2.04. The highest BCUT2D eigenvalue weighted by Crippen LogP contribution is 2.07. The first-order chi connectivity index (χ1) is 6.68. The van der Waals surface area contributed by atoms with Crippen molar-refractivity contribution in [1.29, 1.82) is 0 Å². The molecule has 0 radical (unpaired) electrons. The normalized spacial score (nSPS) is 9.93. The summed E-state index contributed by atoms with van der Waals surface area (Å²) in [7, 11) is 0. The zero-order valence-corrected chi connectivity index (χ0v) is 8.63. The van der Waals surface area contributed by atoms with Gasteiger partial charge in [-0.05, 0) is 16.2 Å². The number of nitrogens with one attached hydrogen (secondary N) is 1. The van der Waals surface area contributed by atoms with Crippen molar-refractivity contribution in [3.8, 4) is 5.75 Å². The number of amides is 1. The first kappa shape index (κ1) is 11.1. The minimum Gasteiger partial charge on any atom is -0.484 e. The van der Waals surface area contributed by atoms with Gasteiger partial charge in [-0.3, -0.25) is 10.2 Å². The van der Waals surface area contributed by atoms with Crippen molar-refractivity contribution in [3.05, 3.63) is 30.3 Å². The number of halogens is 2. The third kappa shape index (κ3) is 4.32. The first-order valence-corrected chi connectivity index (χ1v) is 4.45. The van der Waals surface area contributed by atoms with Crippen molar-refractivity contribution in [3.63, 3.8) is 0 Å². The van der Waals surface area contributed by atoms with Gasteiger partial charge in [-0.15, -0.1) is 0 Å². The molecule has 0 heterocycles. The topological polar surface area (TPSA) is 41.6 Å². The molecule has 1 rings (SSSR count). The van der Waals surface area contributed by atoms with E-state index in [1.54, 1.807) is 12.1 Å². The molecule has 0 aliphatic rings. The molecule has 0 bridgehead atoms. The van der Waals surface area contributed by atoms with Crippen LogP contribution in [0, 0.1) is 0 Å². The lowest BCUT2D eigenvalue weighted by molar-refractivity contribution is -0.124.